The van der Waals surface area contributed by atoms with Crippen molar-refractivity contribution < 1.29 is 19.4 Å². The molecule has 1 unspecified atom stereocenters. The average Bonchev–Trinajstić information content (AvgIpc) is 3.14. The van der Waals surface area contributed by atoms with Crippen LogP contribution in [-0.2, 0) is 14.3 Å². The second-order valence-corrected chi connectivity index (χ2v) is 15.6. The zero-order valence-corrected chi connectivity index (χ0v) is 35.3. The Morgan fingerprint density at radius 1 is 0.434 bits per heavy atom. The normalized spacial score (nSPS) is 12.6. The molecule has 0 aromatic heterocycles. The van der Waals surface area contributed by atoms with E-state index in [0.29, 0.717) is 6.42 Å². The molecule has 1 N–H and O–H groups in total. The maximum absolute atomic E-state index is 12.7. The fraction of sp³-hybridized carbons (Fsp3) is 0.796. The molecule has 0 saturated carbocycles. The molecule has 0 aliphatic rings. The third-order valence-electron chi connectivity index (χ3n) is 10.3. The van der Waals surface area contributed by atoms with E-state index >= 15 is 0 Å². The monoisotopic (exact) mass is 741 g/mol. The third-order valence-corrected chi connectivity index (χ3v) is 10.3. The molecule has 0 spiro atoms. The highest BCUT2D eigenvalue weighted by atomic mass is 16.5. The van der Waals surface area contributed by atoms with Gasteiger partial charge in [0.2, 0.25) is 0 Å². The molecule has 4 heteroatoms. The molecule has 53 heavy (non-hydrogen) atoms. The number of rotatable bonds is 42. The lowest BCUT2D eigenvalue weighted by Gasteiger charge is -2.18. The number of esters is 1. The molecule has 0 bridgehead atoms. The highest BCUT2D eigenvalue weighted by Crippen LogP contribution is 2.19. The molecule has 1 atom stereocenters. The van der Waals surface area contributed by atoms with Crippen LogP contribution >= 0.6 is 0 Å². The Hall–Kier alpha value is -2.10. The number of ether oxygens (including phenoxy) is 1. The lowest BCUT2D eigenvalue weighted by atomic mass is 10.0. The number of carbonyl (C=O) groups is 2. The highest BCUT2D eigenvalue weighted by molar-refractivity contribution is 5.69. The molecule has 308 valence electrons. The van der Waals surface area contributed by atoms with Crippen LogP contribution in [0.2, 0.25) is 0 Å². The Balaban J connectivity index is 4.02. The van der Waals surface area contributed by atoms with E-state index < -0.39 is 5.97 Å². The van der Waals surface area contributed by atoms with Crippen LogP contribution in [0, 0.1) is 0 Å². The van der Waals surface area contributed by atoms with Crippen molar-refractivity contribution in [2.75, 3.05) is 0 Å². The van der Waals surface area contributed by atoms with Gasteiger partial charge in [0.25, 0.3) is 0 Å². The van der Waals surface area contributed by atoms with E-state index in [4.69, 9.17) is 9.84 Å². The minimum Gasteiger partial charge on any atom is -0.481 e. The van der Waals surface area contributed by atoms with E-state index in [1.165, 1.54) is 122 Å². The van der Waals surface area contributed by atoms with Crippen molar-refractivity contribution in [2.45, 2.75) is 251 Å². The summed E-state index contributed by atoms with van der Waals surface area (Å²) >= 11 is 0. The van der Waals surface area contributed by atoms with Gasteiger partial charge < -0.3 is 9.84 Å². The summed E-state index contributed by atoms with van der Waals surface area (Å²) < 4.78 is 6.04. The van der Waals surface area contributed by atoms with Crippen molar-refractivity contribution >= 4 is 11.9 Å². The SMILES string of the molecule is CC/C=C\C/C=C\C/C=C\C/C=C\CCCCCCCCC(=O)OC(CCCCCCCCCCCCCCCCCC)CCCCCCCC(=O)O. The van der Waals surface area contributed by atoms with Gasteiger partial charge in [-0.15, -0.1) is 0 Å². The zero-order chi connectivity index (χ0) is 38.6. The first-order valence-corrected chi connectivity index (χ1v) is 23.1. The van der Waals surface area contributed by atoms with Crippen molar-refractivity contribution in [1.29, 1.82) is 0 Å². The van der Waals surface area contributed by atoms with Crippen molar-refractivity contribution in [3.05, 3.63) is 48.6 Å². The second-order valence-electron chi connectivity index (χ2n) is 15.6. The topological polar surface area (TPSA) is 63.6 Å². The number of unbranched alkanes of at least 4 members (excludes halogenated alkanes) is 25. The summed E-state index contributed by atoms with van der Waals surface area (Å²) in [6.45, 7) is 4.45. The van der Waals surface area contributed by atoms with E-state index in [2.05, 4.69) is 62.5 Å². The van der Waals surface area contributed by atoms with Crippen LogP contribution in [0.15, 0.2) is 48.6 Å². The Kier molecular flexibility index (Phi) is 42.5. The molecule has 0 radical (unpaired) electrons. The van der Waals surface area contributed by atoms with Crippen LogP contribution in [0.4, 0.5) is 0 Å². The number of allylic oxidation sites excluding steroid dienone is 8. The Labute approximate surface area is 330 Å². The summed E-state index contributed by atoms with van der Waals surface area (Å²) in [5.74, 6) is -0.708. The van der Waals surface area contributed by atoms with E-state index in [9.17, 15) is 9.59 Å². The number of hydrogen-bond donors (Lipinski definition) is 1. The molecule has 0 amide bonds. The quantitative estimate of drug-likeness (QED) is 0.0384. The van der Waals surface area contributed by atoms with E-state index in [1.54, 1.807) is 0 Å². The van der Waals surface area contributed by atoms with Crippen molar-refractivity contribution in [3.8, 4) is 0 Å². The molecule has 0 aromatic carbocycles. The van der Waals surface area contributed by atoms with Gasteiger partial charge in [-0.3, -0.25) is 9.59 Å². The van der Waals surface area contributed by atoms with Crippen LogP contribution in [0.3, 0.4) is 0 Å². The molecule has 0 aliphatic carbocycles. The number of carbonyl (C=O) groups excluding carboxylic acids is 1. The first-order valence-electron chi connectivity index (χ1n) is 23.1. The van der Waals surface area contributed by atoms with Crippen molar-refractivity contribution in [1.82, 2.24) is 0 Å². The Morgan fingerprint density at radius 2 is 0.792 bits per heavy atom. The maximum atomic E-state index is 12.7. The minimum atomic E-state index is -0.700. The van der Waals surface area contributed by atoms with Gasteiger partial charge in [-0.1, -0.05) is 204 Å². The van der Waals surface area contributed by atoms with Gasteiger partial charge in [-0.25, -0.2) is 0 Å². The first-order chi connectivity index (χ1) is 26.1. The minimum absolute atomic E-state index is 0.00714. The molecule has 0 aromatic rings. The Bertz CT molecular complexity index is 885. The van der Waals surface area contributed by atoms with Crippen LogP contribution in [0.25, 0.3) is 0 Å². The largest absolute Gasteiger partial charge is 0.481 e. The molecule has 0 aliphatic heterocycles. The van der Waals surface area contributed by atoms with Crippen LogP contribution in [-0.4, -0.2) is 23.1 Å². The number of aliphatic carboxylic acids is 1. The lowest BCUT2D eigenvalue weighted by molar-refractivity contribution is -0.150. The predicted octanol–water partition coefficient (Wildman–Crippen LogP) is 16.3. The van der Waals surface area contributed by atoms with E-state index in [1.807, 2.05) is 0 Å². The second kappa shape index (κ2) is 44.3. The predicted molar refractivity (Wildman–Crippen MR) is 232 cm³/mol. The number of carboxylic acid groups (broad SMARTS) is 1. The molecule has 4 nitrogen and oxygen atoms in total. The van der Waals surface area contributed by atoms with E-state index in [-0.39, 0.29) is 18.5 Å². The molecular weight excluding hydrogens is 653 g/mol. The molecule has 0 heterocycles. The van der Waals surface area contributed by atoms with Gasteiger partial charge in [0.05, 0.1) is 0 Å². The maximum Gasteiger partial charge on any atom is 0.306 e. The lowest BCUT2D eigenvalue weighted by Crippen LogP contribution is -2.18. The molecule has 0 saturated heterocycles. The standard InChI is InChI=1S/C49H88O4/c1-3-5-7-9-11-13-15-17-19-21-22-23-25-27-29-31-33-38-42-46-49(52)53-47(44-40-36-34-37-41-45-48(50)51)43-39-35-32-30-28-26-24-20-18-16-14-12-10-8-6-4-2/h5,7,11,13,17,19,22-23,47H,3-4,6,8-10,12,14-16,18,20-21,24-46H2,1-2H3,(H,50,51)/b7-5-,13-11-,19-17-,23-22-. The van der Waals surface area contributed by atoms with Crippen molar-refractivity contribution in [2.24, 2.45) is 0 Å². The highest BCUT2D eigenvalue weighted by Gasteiger charge is 2.14. The summed E-state index contributed by atoms with van der Waals surface area (Å²) in [5, 5.41) is 8.86. The van der Waals surface area contributed by atoms with Crippen LogP contribution in [0.5, 0.6) is 0 Å². The first kappa shape index (κ1) is 50.9. The van der Waals surface area contributed by atoms with Gasteiger partial charge in [0.1, 0.15) is 6.10 Å². The summed E-state index contributed by atoms with van der Waals surface area (Å²) in [6, 6.07) is 0. The molecular formula is C49H88O4. The van der Waals surface area contributed by atoms with Crippen LogP contribution in [0.1, 0.15) is 245 Å². The molecule has 0 rings (SSSR count). The average molecular weight is 741 g/mol. The number of carboxylic acids is 1. The summed E-state index contributed by atoms with van der Waals surface area (Å²) in [7, 11) is 0. The summed E-state index contributed by atoms with van der Waals surface area (Å²) in [5.41, 5.74) is 0. The van der Waals surface area contributed by atoms with Gasteiger partial charge >= 0.3 is 11.9 Å². The smallest absolute Gasteiger partial charge is 0.306 e. The fourth-order valence-electron chi connectivity index (χ4n) is 6.94. The Morgan fingerprint density at radius 3 is 1.23 bits per heavy atom. The van der Waals surface area contributed by atoms with Gasteiger partial charge in [0, 0.05) is 12.8 Å². The zero-order valence-electron chi connectivity index (χ0n) is 35.3. The fourth-order valence-corrected chi connectivity index (χ4v) is 6.94. The van der Waals surface area contributed by atoms with E-state index in [0.717, 1.165) is 96.3 Å². The van der Waals surface area contributed by atoms with Gasteiger partial charge in [0.15, 0.2) is 0 Å². The third kappa shape index (κ3) is 44.2. The van der Waals surface area contributed by atoms with Gasteiger partial charge in [-0.05, 0) is 77.0 Å². The van der Waals surface area contributed by atoms with Gasteiger partial charge in [-0.2, -0.15) is 0 Å². The summed E-state index contributed by atoms with van der Waals surface area (Å²) in [6.07, 6.45) is 60.0. The molecule has 0 fully saturated rings. The number of hydrogen-bond acceptors (Lipinski definition) is 3. The van der Waals surface area contributed by atoms with Crippen molar-refractivity contribution in [3.63, 3.8) is 0 Å². The summed E-state index contributed by atoms with van der Waals surface area (Å²) in [4.78, 5) is 23.5. The van der Waals surface area contributed by atoms with Crippen LogP contribution < -0.4 is 0 Å².